The molecule has 248 valence electrons. The van der Waals surface area contributed by atoms with E-state index in [1.807, 2.05) is 60.7 Å². The minimum atomic E-state index is -0.768. The second kappa shape index (κ2) is 13.4. The molecule has 4 amide bonds. The molecule has 0 saturated carbocycles. The molecule has 0 unspecified atom stereocenters. The van der Waals surface area contributed by atoms with E-state index in [0.29, 0.717) is 23.6 Å². The third-order valence-corrected chi connectivity index (χ3v) is 10.4. The lowest BCUT2D eigenvalue weighted by atomic mass is 9.76. The van der Waals surface area contributed by atoms with Crippen LogP contribution in [0.3, 0.4) is 0 Å². The third kappa shape index (κ3) is 6.00. The van der Waals surface area contributed by atoms with Crippen molar-refractivity contribution in [2.75, 3.05) is 22.9 Å². The molecule has 8 heteroatoms. The highest BCUT2D eigenvalue weighted by atomic mass is 79.9. The summed E-state index contributed by atoms with van der Waals surface area (Å²) in [7, 11) is 0. The van der Waals surface area contributed by atoms with E-state index >= 15 is 0 Å². The summed E-state index contributed by atoms with van der Waals surface area (Å²) in [4.78, 5) is 44.9. The summed E-state index contributed by atoms with van der Waals surface area (Å²) in [5, 5.41) is 2.44. The monoisotopic (exact) mass is 723 g/mol. The van der Waals surface area contributed by atoms with Gasteiger partial charge in [-0.15, -0.1) is 0 Å². The lowest BCUT2D eigenvalue weighted by molar-refractivity contribution is -0.122. The van der Waals surface area contributed by atoms with Gasteiger partial charge in [-0.3, -0.25) is 14.9 Å². The summed E-state index contributed by atoms with van der Waals surface area (Å²) in [6.07, 6.45) is 3.33. The number of carbonyl (C=O) groups excluding carboxylic acids is 3. The van der Waals surface area contributed by atoms with Gasteiger partial charge in [0.1, 0.15) is 17.9 Å². The minimum Gasteiger partial charge on any atom is -0.488 e. The van der Waals surface area contributed by atoms with Gasteiger partial charge in [-0.1, -0.05) is 107 Å². The van der Waals surface area contributed by atoms with E-state index in [0.717, 1.165) is 52.0 Å². The molecule has 0 radical (unpaired) electrons. The van der Waals surface area contributed by atoms with E-state index in [1.54, 1.807) is 12.1 Å². The van der Waals surface area contributed by atoms with Gasteiger partial charge in [-0.25, -0.2) is 9.69 Å². The van der Waals surface area contributed by atoms with Gasteiger partial charge in [0.15, 0.2) is 0 Å². The van der Waals surface area contributed by atoms with E-state index in [-0.39, 0.29) is 17.4 Å². The lowest BCUT2D eigenvalue weighted by Gasteiger charge is -2.44. The summed E-state index contributed by atoms with van der Waals surface area (Å²) >= 11 is 3.52. The number of benzene rings is 5. The first kappa shape index (κ1) is 31.8. The third-order valence-electron chi connectivity index (χ3n) is 9.87. The van der Waals surface area contributed by atoms with Gasteiger partial charge < -0.3 is 9.64 Å². The molecule has 0 spiro atoms. The Kier molecular flexibility index (Phi) is 8.54. The fraction of sp³-hybridized carbons (Fsp3) is 0.167. The summed E-state index contributed by atoms with van der Waals surface area (Å²) in [6, 6.07) is 39.2. The molecule has 0 bridgehead atoms. The second-order valence-electron chi connectivity index (χ2n) is 12.9. The summed E-state index contributed by atoms with van der Waals surface area (Å²) in [5.41, 5.74) is 7.54. The molecular weight excluding hydrogens is 690 g/mol. The van der Waals surface area contributed by atoms with Crippen LogP contribution in [0.4, 0.5) is 16.2 Å². The molecule has 3 aliphatic rings. The van der Waals surface area contributed by atoms with Gasteiger partial charge in [0.25, 0.3) is 11.8 Å². The fourth-order valence-corrected chi connectivity index (χ4v) is 7.89. The fourth-order valence-electron chi connectivity index (χ4n) is 7.51. The maximum absolute atomic E-state index is 14.4. The van der Waals surface area contributed by atoms with Crippen molar-refractivity contribution in [1.29, 1.82) is 0 Å². The highest BCUT2D eigenvalue weighted by Crippen LogP contribution is 2.50. The minimum absolute atomic E-state index is 0.0845. The second-order valence-corrected chi connectivity index (χ2v) is 13.8. The van der Waals surface area contributed by atoms with E-state index in [9.17, 15) is 14.4 Å². The average Bonchev–Trinajstić information content (AvgIpc) is 3.14. The van der Waals surface area contributed by atoms with Gasteiger partial charge in [-0.05, 0) is 77.1 Å². The normalized spacial score (nSPS) is 19.3. The molecule has 7 nitrogen and oxygen atoms in total. The van der Waals surface area contributed by atoms with Crippen LogP contribution in [-0.2, 0) is 16.2 Å². The number of rotatable bonds is 7. The van der Waals surface area contributed by atoms with Crippen LogP contribution in [0, 0.1) is 0 Å². The van der Waals surface area contributed by atoms with Gasteiger partial charge in [0.05, 0.1) is 5.69 Å². The Bertz CT molecular complexity index is 2060. The number of halogens is 1. The number of ether oxygens (including phenoxy) is 1. The molecule has 3 aliphatic heterocycles. The summed E-state index contributed by atoms with van der Waals surface area (Å²) < 4.78 is 6.90. The van der Waals surface area contributed by atoms with Crippen LogP contribution in [0.25, 0.3) is 6.08 Å². The quantitative estimate of drug-likeness (QED) is 0.135. The van der Waals surface area contributed by atoms with Crippen molar-refractivity contribution in [3.8, 4) is 5.75 Å². The Morgan fingerprint density at radius 1 is 0.740 bits per heavy atom. The summed E-state index contributed by atoms with van der Waals surface area (Å²) in [5.74, 6) is -0.762. The van der Waals surface area contributed by atoms with Crippen molar-refractivity contribution in [2.45, 2.75) is 31.3 Å². The molecule has 8 rings (SSSR count). The molecule has 5 aromatic rings. The number of barbiturate groups is 1. The van der Waals surface area contributed by atoms with Crippen LogP contribution in [-0.4, -0.2) is 30.9 Å². The predicted molar refractivity (Wildman–Crippen MR) is 198 cm³/mol. The number of imide groups is 2. The van der Waals surface area contributed by atoms with Crippen LogP contribution in [0.2, 0.25) is 0 Å². The molecule has 0 aromatic heterocycles. The predicted octanol–water partition coefficient (Wildman–Crippen LogP) is 8.57. The SMILES string of the molecule is O=C1NC(=O)N(c2cc3c4c(c2)[C@@H](c2ccccc2)CCN4CC[C@@H]3c2ccccc2)C(=O)/C1=C/c1cc(Br)ccc1OCc1ccccc1. The van der Waals surface area contributed by atoms with Crippen molar-refractivity contribution in [3.05, 3.63) is 165 Å². The molecule has 1 fully saturated rings. The maximum atomic E-state index is 14.4. The first-order valence-corrected chi connectivity index (χ1v) is 17.6. The maximum Gasteiger partial charge on any atom is 0.335 e. The first-order chi connectivity index (χ1) is 24.4. The van der Waals surface area contributed by atoms with E-state index in [4.69, 9.17) is 4.74 Å². The van der Waals surface area contributed by atoms with E-state index in [1.165, 1.54) is 22.9 Å². The standard InChI is InChI=1S/C42H34BrN3O4/c43-31-16-17-38(50-26-27-10-4-1-5-11-27)30(22-31)23-37-40(47)44-42(49)46(41(37)48)32-24-35-33(28-12-6-2-7-13-28)18-20-45-21-19-34(36(25-32)39(35)45)29-14-8-3-9-15-29/h1-17,22-25,33-34H,18-21,26H2,(H,44,47,49)/b37-23+/t33-,34-/m1/s1. The Balaban J connectivity index is 1.23. The number of carbonyl (C=O) groups is 3. The van der Waals surface area contributed by atoms with Gasteiger partial charge >= 0.3 is 6.03 Å². The highest BCUT2D eigenvalue weighted by Gasteiger charge is 2.40. The van der Waals surface area contributed by atoms with Crippen molar-refractivity contribution < 1.29 is 19.1 Å². The van der Waals surface area contributed by atoms with Crippen LogP contribution < -0.4 is 19.9 Å². The molecule has 3 heterocycles. The van der Waals surface area contributed by atoms with Gasteiger partial charge in [0.2, 0.25) is 0 Å². The molecule has 2 atom stereocenters. The molecular formula is C42H34BrN3O4. The number of hydrogen-bond acceptors (Lipinski definition) is 5. The lowest BCUT2D eigenvalue weighted by Crippen LogP contribution is -2.54. The van der Waals surface area contributed by atoms with Crippen LogP contribution in [0.1, 0.15) is 58.1 Å². The van der Waals surface area contributed by atoms with E-state index in [2.05, 4.69) is 74.7 Å². The number of nitrogens with one attached hydrogen (secondary N) is 1. The number of nitrogens with zero attached hydrogens (tertiary/aromatic N) is 2. The van der Waals surface area contributed by atoms with Crippen molar-refractivity contribution >= 4 is 51.2 Å². The highest BCUT2D eigenvalue weighted by molar-refractivity contribution is 9.10. The Morgan fingerprint density at radius 3 is 1.92 bits per heavy atom. The van der Waals surface area contributed by atoms with Gasteiger partial charge in [-0.2, -0.15) is 0 Å². The number of urea groups is 1. The van der Waals surface area contributed by atoms with Crippen LogP contribution in [0.5, 0.6) is 5.75 Å². The molecule has 1 saturated heterocycles. The molecule has 50 heavy (non-hydrogen) atoms. The largest absolute Gasteiger partial charge is 0.488 e. The van der Waals surface area contributed by atoms with Crippen molar-refractivity contribution in [3.63, 3.8) is 0 Å². The molecule has 1 N–H and O–H groups in total. The Hall–Kier alpha value is -5.47. The van der Waals surface area contributed by atoms with Crippen LogP contribution >= 0.6 is 15.9 Å². The molecule has 5 aromatic carbocycles. The zero-order chi connectivity index (χ0) is 34.2. The van der Waals surface area contributed by atoms with E-state index < -0.39 is 17.8 Å². The van der Waals surface area contributed by atoms with Crippen molar-refractivity contribution in [2.24, 2.45) is 0 Å². The first-order valence-electron chi connectivity index (χ1n) is 16.8. The average molecular weight is 725 g/mol. The number of hydrogen-bond donors (Lipinski definition) is 1. The molecule has 0 aliphatic carbocycles. The topological polar surface area (TPSA) is 79.0 Å². The zero-order valence-electron chi connectivity index (χ0n) is 27.2. The van der Waals surface area contributed by atoms with Crippen molar-refractivity contribution in [1.82, 2.24) is 5.32 Å². The van der Waals surface area contributed by atoms with Crippen LogP contribution in [0.15, 0.2) is 131 Å². The number of amides is 4. The summed E-state index contributed by atoms with van der Waals surface area (Å²) in [6.45, 7) is 2.15. The smallest absolute Gasteiger partial charge is 0.335 e. The van der Waals surface area contributed by atoms with Gasteiger partial charge in [0, 0.05) is 40.6 Å². The Morgan fingerprint density at radius 2 is 1.32 bits per heavy atom. The number of anilines is 2. The Labute approximate surface area is 299 Å². The zero-order valence-corrected chi connectivity index (χ0v) is 28.8.